The number of hydrogen-bond acceptors (Lipinski definition) is 4. The van der Waals surface area contributed by atoms with E-state index in [-0.39, 0.29) is 16.2 Å². The summed E-state index contributed by atoms with van der Waals surface area (Å²) in [4.78, 5) is 12.6. The van der Waals surface area contributed by atoms with Crippen LogP contribution in [0.2, 0.25) is 0 Å². The first-order valence-corrected chi connectivity index (χ1v) is 6.29. The Bertz CT molecular complexity index is 332. The van der Waals surface area contributed by atoms with Crippen LogP contribution in [0.3, 0.4) is 0 Å². The second-order valence-electron chi connectivity index (χ2n) is 2.97. The molecule has 4 nitrogen and oxygen atoms in total. The number of hydrogen-bond donors (Lipinski definition) is 0. The van der Waals surface area contributed by atoms with Crippen molar-refractivity contribution in [3.8, 4) is 0 Å². The van der Waals surface area contributed by atoms with Crippen molar-refractivity contribution in [1.82, 2.24) is 4.90 Å². The van der Waals surface area contributed by atoms with Gasteiger partial charge in [0.05, 0.1) is 5.75 Å². The monoisotopic (exact) mass is 221 g/mol. The summed E-state index contributed by atoms with van der Waals surface area (Å²) in [6.45, 7) is 0. The van der Waals surface area contributed by atoms with Gasteiger partial charge < -0.3 is 4.90 Å². The third-order valence-corrected chi connectivity index (χ3v) is 4.31. The summed E-state index contributed by atoms with van der Waals surface area (Å²) in [5.74, 6) is 0.0389. The van der Waals surface area contributed by atoms with Gasteiger partial charge in [0, 0.05) is 24.8 Å². The fourth-order valence-electron chi connectivity index (χ4n) is 0.856. The summed E-state index contributed by atoms with van der Waals surface area (Å²) in [5, 5.41) is 0.833. The second-order valence-corrected chi connectivity index (χ2v) is 6.10. The first-order chi connectivity index (χ1) is 5.91. The minimum atomic E-state index is -3.04. The van der Waals surface area contributed by atoms with Crippen LogP contribution in [0.4, 0.5) is 4.79 Å². The van der Waals surface area contributed by atoms with Crippen LogP contribution in [-0.4, -0.2) is 43.7 Å². The molecule has 0 aromatic carbocycles. The van der Waals surface area contributed by atoms with Gasteiger partial charge in [0.25, 0.3) is 5.24 Å². The van der Waals surface area contributed by atoms with E-state index in [1.165, 1.54) is 10.3 Å². The summed E-state index contributed by atoms with van der Waals surface area (Å²) >= 11 is 1.04. The molecule has 1 rings (SSSR count). The maximum absolute atomic E-state index is 11.2. The summed E-state index contributed by atoms with van der Waals surface area (Å²) in [6.07, 6.45) is 1.56. The van der Waals surface area contributed by atoms with Crippen molar-refractivity contribution in [3.63, 3.8) is 0 Å². The van der Waals surface area contributed by atoms with E-state index in [1.807, 2.05) is 0 Å². The van der Waals surface area contributed by atoms with Crippen molar-refractivity contribution < 1.29 is 13.2 Å². The highest BCUT2D eigenvalue weighted by Gasteiger charge is 2.24. The van der Waals surface area contributed by atoms with Gasteiger partial charge in [0.2, 0.25) is 0 Å². The van der Waals surface area contributed by atoms with Gasteiger partial charge in [-0.3, -0.25) is 4.79 Å². The Hall–Kier alpha value is -0.490. The number of carbonyl (C=O) groups excluding carboxylic acids is 1. The average molecular weight is 221 g/mol. The fourth-order valence-corrected chi connectivity index (χ4v) is 3.53. The quantitative estimate of drug-likeness (QED) is 0.654. The fraction of sp³-hybridized carbons (Fsp3) is 0.571. The highest BCUT2D eigenvalue weighted by molar-refractivity contribution is 8.15. The molecule has 0 bridgehead atoms. The van der Waals surface area contributed by atoms with E-state index in [4.69, 9.17) is 0 Å². The number of sulfone groups is 1. The summed E-state index contributed by atoms with van der Waals surface area (Å²) < 4.78 is 21.9. The normalized spacial score (nSPS) is 24.6. The van der Waals surface area contributed by atoms with Crippen LogP contribution in [0.15, 0.2) is 11.5 Å². The van der Waals surface area contributed by atoms with Crippen molar-refractivity contribution in [2.45, 2.75) is 5.25 Å². The van der Waals surface area contributed by atoms with Crippen LogP contribution >= 0.6 is 11.8 Å². The van der Waals surface area contributed by atoms with Crippen LogP contribution in [0, 0.1) is 0 Å². The van der Waals surface area contributed by atoms with E-state index in [9.17, 15) is 13.2 Å². The molecule has 0 saturated carbocycles. The lowest BCUT2D eigenvalue weighted by Crippen LogP contribution is -2.20. The zero-order chi connectivity index (χ0) is 10.1. The van der Waals surface area contributed by atoms with E-state index in [1.54, 1.807) is 20.2 Å². The molecule has 1 unspecified atom stereocenters. The predicted octanol–water partition coefficient (Wildman–Crippen LogP) is 0.712. The number of thioether (sulfide) groups is 1. The molecule has 0 radical (unpaired) electrons. The summed E-state index contributed by atoms with van der Waals surface area (Å²) in [6, 6.07) is 0. The summed E-state index contributed by atoms with van der Waals surface area (Å²) in [7, 11) is 0.244. The highest BCUT2D eigenvalue weighted by Crippen LogP contribution is 2.23. The second kappa shape index (κ2) is 3.71. The van der Waals surface area contributed by atoms with Gasteiger partial charge in [-0.05, 0) is 0 Å². The molecule has 13 heavy (non-hydrogen) atoms. The molecular formula is C7H11NO3S2. The van der Waals surface area contributed by atoms with E-state index in [2.05, 4.69) is 0 Å². The minimum absolute atomic E-state index is 0.0389. The van der Waals surface area contributed by atoms with Crippen molar-refractivity contribution >= 4 is 26.8 Å². The molecule has 0 N–H and O–H groups in total. The molecule has 0 aliphatic carbocycles. The largest absolute Gasteiger partial charge is 0.340 e. The van der Waals surface area contributed by atoms with Gasteiger partial charge in [0.1, 0.15) is 0 Å². The predicted molar refractivity (Wildman–Crippen MR) is 53.4 cm³/mol. The molecule has 74 valence electrons. The number of nitrogens with zero attached hydrogens (tertiary/aromatic N) is 1. The number of rotatable bonds is 1. The third-order valence-electron chi connectivity index (χ3n) is 1.51. The number of carbonyl (C=O) groups is 1. The standard InChI is InChI=1S/C7H11NO3S2/c1-8(2)7(9)12-6-3-4-13(10,11)5-6/h3-4,6H,5H2,1-2H3. The first kappa shape index (κ1) is 10.6. The van der Waals surface area contributed by atoms with Crippen molar-refractivity contribution in [2.75, 3.05) is 19.8 Å². The van der Waals surface area contributed by atoms with Gasteiger partial charge in [-0.15, -0.1) is 0 Å². The van der Waals surface area contributed by atoms with Crippen LogP contribution in [0.25, 0.3) is 0 Å². The molecule has 0 aromatic heterocycles. The van der Waals surface area contributed by atoms with Crippen LogP contribution < -0.4 is 0 Å². The molecule has 1 aliphatic heterocycles. The van der Waals surface area contributed by atoms with Gasteiger partial charge in [-0.1, -0.05) is 17.8 Å². The van der Waals surface area contributed by atoms with Gasteiger partial charge >= 0.3 is 0 Å². The lowest BCUT2D eigenvalue weighted by Gasteiger charge is -2.11. The first-order valence-electron chi connectivity index (χ1n) is 3.69. The SMILES string of the molecule is CN(C)C(=O)SC1C=CS(=O)(=O)C1. The lowest BCUT2D eigenvalue weighted by molar-refractivity contribution is 0.241. The minimum Gasteiger partial charge on any atom is -0.340 e. The Labute approximate surface area is 81.9 Å². The Kier molecular flexibility index (Phi) is 3.02. The molecule has 0 spiro atoms. The Balaban J connectivity index is 2.52. The molecule has 0 fully saturated rings. The molecule has 1 aliphatic rings. The van der Waals surface area contributed by atoms with Gasteiger partial charge in [0.15, 0.2) is 9.84 Å². The van der Waals surface area contributed by atoms with Crippen LogP contribution in [0.5, 0.6) is 0 Å². The average Bonchev–Trinajstić information content (AvgIpc) is 2.30. The number of amides is 1. The van der Waals surface area contributed by atoms with Gasteiger partial charge in [-0.2, -0.15) is 0 Å². The van der Waals surface area contributed by atoms with Crippen molar-refractivity contribution in [1.29, 1.82) is 0 Å². The maximum atomic E-state index is 11.2. The van der Waals surface area contributed by atoms with Crippen LogP contribution in [-0.2, 0) is 9.84 Å². The molecule has 1 heterocycles. The van der Waals surface area contributed by atoms with E-state index in [0.717, 1.165) is 11.8 Å². The zero-order valence-electron chi connectivity index (χ0n) is 7.43. The van der Waals surface area contributed by atoms with E-state index in [0.29, 0.717) is 0 Å². The Morgan fingerprint density at radius 3 is 2.54 bits per heavy atom. The summed E-state index contributed by atoms with van der Waals surface area (Å²) in [5.41, 5.74) is 0. The zero-order valence-corrected chi connectivity index (χ0v) is 9.06. The van der Waals surface area contributed by atoms with Crippen LogP contribution in [0.1, 0.15) is 0 Å². The Morgan fingerprint density at radius 2 is 2.15 bits per heavy atom. The van der Waals surface area contributed by atoms with E-state index < -0.39 is 9.84 Å². The van der Waals surface area contributed by atoms with Crippen molar-refractivity contribution in [3.05, 3.63) is 11.5 Å². The third kappa shape index (κ3) is 3.04. The molecule has 6 heteroatoms. The molecular weight excluding hydrogens is 210 g/mol. The smallest absolute Gasteiger partial charge is 0.281 e. The molecule has 1 atom stereocenters. The topological polar surface area (TPSA) is 54.5 Å². The van der Waals surface area contributed by atoms with E-state index >= 15 is 0 Å². The lowest BCUT2D eigenvalue weighted by atomic mass is 10.5. The Morgan fingerprint density at radius 1 is 1.54 bits per heavy atom. The molecule has 1 amide bonds. The molecule has 0 saturated heterocycles. The highest BCUT2D eigenvalue weighted by atomic mass is 32.2. The van der Waals surface area contributed by atoms with Crippen molar-refractivity contribution in [2.24, 2.45) is 0 Å². The molecule has 0 aromatic rings. The maximum Gasteiger partial charge on any atom is 0.281 e. The van der Waals surface area contributed by atoms with Gasteiger partial charge in [-0.25, -0.2) is 8.42 Å².